The van der Waals surface area contributed by atoms with Gasteiger partial charge in [-0.15, -0.1) is 10.2 Å². The molecule has 124 valence electrons. The Morgan fingerprint density at radius 2 is 1.91 bits per heavy atom. The van der Waals surface area contributed by atoms with E-state index in [2.05, 4.69) is 20.2 Å². The molecule has 0 unspecified atom stereocenters. The maximum atomic E-state index is 12.8. The Morgan fingerprint density at radius 1 is 1.26 bits per heavy atom. The van der Waals surface area contributed by atoms with Gasteiger partial charge in [0.05, 0.1) is 0 Å². The van der Waals surface area contributed by atoms with Gasteiger partial charge in [-0.2, -0.15) is 0 Å². The Morgan fingerprint density at radius 3 is 2.52 bits per heavy atom. The molecule has 1 heterocycles. The van der Waals surface area contributed by atoms with Gasteiger partial charge in [-0.3, -0.25) is 4.79 Å². The van der Waals surface area contributed by atoms with E-state index in [4.69, 9.17) is 0 Å². The summed E-state index contributed by atoms with van der Waals surface area (Å²) < 4.78 is 39.1. The van der Waals surface area contributed by atoms with Gasteiger partial charge in [0.2, 0.25) is 15.4 Å². The molecule has 0 saturated carbocycles. The molecule has 2 N–H and O–H groups in total. The van der Waals surface area contributed by atoms with Crippen LogP contribution in [0.4, 0.5) is 9.52 Å². The largest absolute Gasteiger partial charge is 0.300 e. The van der Waals surface area contributed by atoms with Crippen LogP contribution in [0.1, 0.15) is 19.4 Å². The molecule has 7 nitrogen and oxygen atoms in total. The van der Waals surface area contributed by atoms with Crippen molar-refractivity contribution in [2.75, 3.05) is 5.32 Å². The lowest BCUT2D eigenvalue weighted by molar-refractivity contribution is -0.118. The molecule has 1 aromatic heterocycles. The van der Waals surface area contributed by atoms with Crippen LogP contribution in [-0.4, -0.2) is 24.5 Å². The number of halogens is 1. The quantitative estimate of drug-likeness (QED) is 0.766. The number of carbonyl (C=O) groups excluding carboxylic acids is 1. The first-order chi connectivity index (χ1) is 10.8. The number of nitrogens with one attached hydrogen (secondary N) is 2. The summed E-state index contributed by atoms with van der Waals surface area (Å²) in [6.45, 7) is 3.41. The second-order valence-electron chi connectivity index (χ2n) is 4.97. The number of anilines is 1. The molecular formula is C13H15FN4O3S2. The third kappa shape index (κ3) is 4.78. The molecule has 1 aromatic carbocycles. The van der Waals surface area contributed by atoms with E-state index >= 15 is 0 Å². The van der Waals surface area contributed by atoms with Crippen LogP contribution in [0.5, 0.6) is 0 Å². The fourth-order valence-electron chi connectivity index (χ4n) is 1.46. The molecule has 23 heavy (non-hydrogen) atoms. The highest BCUT2D eigenvalue weighted by Crippen LogP contribution is 2.20. The molecule has 2 aromatic rings. The van der Waals surface area contributed by atoms with Crippen LogP contribution in [0.25, 0.3) is 0 Å². The van der Waals surface area contributed by atoms with Gasteiger partial charge < -0.3 is 5.32 Å². The smallest absolute Gasteiger partial charge is 0.270 e. The highest BCUT2D eigenvalue weighted by molar-refractivity contribution is 7.91. The van der Waals surface area contributed by atoms with E-state index in [1.165, 1.54) is 24.3 Å². The lowest BCUT2D eigenvalue weighted by atomic mass is 10.2. The number of benzene rings is 1. The second-order valence-corrected chi connectivity index (χ2v) is 7.89. The van der Waals surface area contributed by atoms with E-state index in [0.717, 1.165) is 11.3 Å². The molecule has 0 aliphatic heterocycles. The first-order valence-corrected chi connectivity index (χ1v) is 8.96. The number of rotatable bonds is 6. The fourth-order valence-corrected chi connectivity index (χ4v) is 3.42. The van der Waals surface area contributed by atoms with Gasteiger partial charge in [-0.05, 0) is 17.7 Å². The van der Waals surface area contributed by atoms with Crippen molar-refractivity contribution >= 4 is 32.4 Å². The van der Waals surface area contributed by atoms with E-state index in [1.807, 2.05) is 0 Å². The van der Waals surface area contributed by atoms with Crippen molar-refractivity contribution in [2.24, 2.45) is 5.92 Å². The van der Waals surface area contributed by atoms with E-state index in [9.17, 15) is 17.6 Å². The highest BCUT2D eigenvalue weighted by atomic mass is 32.2. The Balaban J connectivity index is 2.03. The lowest BCUT2D eigenvalue weighted by Gasteiger charge is -2.04. The molecule has 0 radical (unpaired) electrons. The molecule has 0 fully saturated rings. The summed E-state index contributed by atoms with van der Waals surface area (Å²) >= 11 is 0.759. The SMILES string of the molecule is CC(C)C(=O)Nc1nnc(S(=O)(=O)NCc2ccc(F)cc2)s1. The molecule has 2 rings (SSSR count). The average molecular weight is 358 g/mol. The van der Waals surface area contributed by atoms with Crippen LogP contribution in [0.2, 0.25) is 0 Å². The molecule has 0 aliphatic carbocycles. The monoisotopic (exact) mass is 358 g/mol. The minimum absolute atomic E-state index is 0.00409. The van der Waals surface area contributed by atoms with E-state index < -0.39 is 15.8 Å². The number of nitrogens with zero attached hydrogens (tertiary/aromatic N) is 2. The van der Waals surface area contributed by atoms with Gasteiger partial charge in [0, 0.05) is 12.5 Å². The van der Waals surface area contributed by atoms with Crippen LogP contribution >= 0.6 is 11.3 Å². The third-order valence-electron chi connectivity index (χ3n) is 2.77. The Hall–Kier alpha value is -1.91. The maximum absolute atomic E-state index is 12.8. The van der Waals surface area contributed by atoms with Crippen molar-refractivity contribution in [1.82, 2.24) is 14.9 Å². The Labute approximate surface area is 137 Å². The predicted molar refractivity (Wildman–Crippen MR) is 83.8 cm³/mol. The molecular weight excluding hydrogens is 343 g/mol. The predicted octanol–water partition coefficient (Wildman–Crippen LogP) is 1.75. The molecule has 0 spiro atoms. The van der Waals surface area contributed by atoms with Gasteiger partial charge in [-0.1, -0.05) is 37.3 Å². The zero-order chi connectivity index (χ0) is 17.0. The van der Waals surface area contributed by atoms with Gasteiger partial charge in [0.1, 0.15) is 5.82 Å². The summed E-state index contributed by atoms with van der Waals surface area (Å²) in [5.41, 5.74) is 0.604. The van der Waals surface area contributed by atoms with Crippen molar-refractivity contribution in [3.8, 4) is 0 Å². The summed E-state index contributed by atoms with van der Waals surface area (Å²) in [6.07, 6.45) is 0. The fraction of sp³-hybridized carbons (Fsp3) is 0.308. The van der Waals surface area contributed by atoms with E-state index in [1.54, 1.807) is 13.8 Å². The van der Waals surface area contributed by atoms with Crippen molar-refractivity contribution in [1.29, 1.82) is 0 Å². The maximum Gasteiger partial charge on any atom is 0.270 e. The van der Waals surface area contributed by atoms with Crippen molar-refractivity contribution < 1.29 is 17.6 Å². The van der Waals surface area contributed by atoms with Crippen molar-refractivity contribution in [3.05, 3.63) is 35.6 Å². The number of carbonyl (C=O) groups is 1. The lowest BCUT2D eigenvalue weighted by Crippen LogP contribution is -2.23. The molecule has 0 atom stereocenters. The first kappa shape index (κ1) is 17.4. The minimum Gasteiger partial charge on any atom is -0.300 e. The standard InChI is InChI=1S/C13H15FN4O3S2/c1-8(2)11(19)16-12-17-18-13(22-12)23(20,21)15-7-9-3-5-10(14)6-4-9/h3-6,8,15H,7H2,1-2H3,(H,16,17,19). The number of amides is 1. The molecule has 0 saturated heterocycles. The third-order valence-corrected chi connectivity index (χ3v) is 5.38. The van der Waals surface area contributed by atoms with Crippen LogP contribution < -0.4 is 10.0 Å². The number of sulfonamides is 1. The van der Waals surface area contributed by atoms with Crippen LogP contribution in [0.3, 0.4) is 0 Å². The van der Waals surface area contributed by atoms with Gasteiger partial charge in [0.25, 0.3) is 10.0 Å². The van der Waals surface area contributed by atoms with E-state index in [-0.39, 0.29) is 27.8 Å². The summed E-state index contributed by atoms with van der Waals surface area (Å²) in [7, 11) is -3.85. The van der Waals surface area contributed by atoms with Crippen molar-refractivity contribution in [2.45, 2.75) is 24.7 Å². The van der Waals surface area contributed by atoms with E-state index in [0.29, 0.717) is 5.56 Å². The number of aromatic nitrogens is 2. The average Bonchev–Trinajstić information content (AvgIpc) is 2.96. The summed E-state index contributed by atoms with van der Waals surface area (Å²) in [6, 6.07) is 5.45. The topological polar surface area (TPSA) is 101 Å². The summed E-state index contributed by atoms with van der Waals surface area (Å²) in [5.74, 6) is -0.925. The van der Waals surface area contributed by atoms with Crippen LogP contribution in [0.15, 0.2) is 28.6 Å². The zero-order valence-electron chi connectivity index (χ0n) is 12.4. The molecule has 10 heteroatoms. The van der Waals surface area contributed by atoms with Crippen LogP contribution in [0, 0.1) is 11.7 Å². The van der Waals surface area contributed by atoms with Crippen molar-refractivity contribution in [3.63, 3.8) is 0 Å². The normalized spacial score (nSPS) is 11.7. The second kappa shape index (κ2) is 7.11. The minimum atomic E-state index is -3.85. The number of hydrogen-bond donors (Lipinski definition) is 2. The Bertz CT molecular complexity index is 788. The summed E-state index contributed by atoms with van der Waals surface area (Å²) in [5, 5.41) is 9.81. The zero-order valence-corrected chi connectivity index (χ0v) is 14.0. The van der Waals surface area contributed by atoms with Gasteiger partial charge >= 0.3 is 0 Å². The Kier molecular flexibility index (Phi) is 5.39. The van der Waals surface area contributed by atoms with Gasteiger partial charge in [0.15, 0.2) is 0 Å². The van der Waals surface area contributed by atoms with Gasteiger partial charge in [-0.25, -0.2) is 17.5 Å². The molecule has 1 amide bonds. The highest BCUT2D eigenvalue weighted by Gasteiger charge is 2.21. The molecule has 0 aliphatic rings. The summed E-state index contributed by atoms with van der Waals surface area (Å²) in [4.78, 5) is 11.5. The number of hydrogen-bond acceptors (Lipinski definition) is 6. The van der Waals surface area contributed by atoms with Crippen LogP contribution in [-0.2, 0) is 21.4 Å². The first-order valence-electron chi connectivity index (χ1n) is 6.66. The molecule has 0 bridgehead atoms.